The fourth-order valence-corrected chi connectivity index (χ4v) is 1.46. The number of nitrogens with zero attached hydrogens (tertiary/aromatic N) is 1. The van der Waals surface area contributed by atoms with Crippen LogP contribution in [0, 0.1) is 5.92 Å². The van der Waals surface area contributed by atoms with E-state index in [1.807, 2.05) is 0 Å². The SMILES string of the molecule is C[C@@H](O)CNC(=O)c1ccnc(OCC2CC2)c1. The highest BCUT2D eigenvalue weighted by Gasteiger charge is 2.22. The van der Waals surface area contributed by atoms with Gasteiger partial charge in [-0.1, -0.05) is 0 Å². The van der Waals surface area contributed by atoms with E-state index in [1.54, 1.807) is 25.3 Å². The van der Waals surface area contributed by atoms with Gasteiger partial charge in [0.15, 0.2) is 0 Å². The van der Waals surface area contributed by atoms with Gasteiger partial charge in [0, 0.05) is 24.4 Å². The quantitative estimate of drug-likeness (QED) is 0.789. The van der Waals surface area contributed by atoms with Gasteiger partial charge in [-0.3, -0.25) is 4.79 Å². The van der Waals surface area contributed by atoms with Crippen molar-refractivity contribution in [3.05, 3.63) is 23.9 Å². The monoisotopic (exact) mass is 250 g/mol. The number of aliphatic hydroxyl groups excluding tert-OH is 1. The molecule has 5 nitrogen and oxygen atoms in total. The zero-order valence-corrected chi connectivity index (χ0v) is 10.4. The van der Waals surface area contributed by atoms with Crippen molar-refractivity contribution < 1.29 is 14.6 Å². The summed E-state index contributed by atoms with van der Waals surface area (Å²) >= 11 is 0. The third kappa shape index (κ3) is 4.00. The van der Waals surface area contributed by atoms with E-state index in [0.29, 0.717) is 24.0 Å². The number of carbonyl (C=O) groups is 1. The predicted octanol–water partition coefficient (Wildman–Crippen LogP) is 0.981. The van der Waals surface area contributed by atoms with Gasteiger partial charge in [-0.05, 0) is 31.7 Å². The van der Waals surface area contributed by atoms with Crippen LogP contribution in [0.3, 0.4) is 0 Å². The molecule has 2 rings (SSSR count). The first-order valence-corrected chi connectivity index (χ1v) is 6.20. The zero-order chi connectivity index (χ0) is 13.0. The Bertz CT molecular complexity index is 416. The minimum absolute atomic E-state index is 0.227. The summed E-state index contributed by atoms with van der Waals surface area (Å²) in [4.78, 5) is 15.8. The molecule has 5 heteroatoms. The van der Waals surface area contributed by atoms with Crippen LogP contribution in [0.25, 0.3) is 0 Å². The van der Waals surface area contributed by atoms with E-state index in [-0.39, 0.29) is 12.5 Å². The highest BCUT2D eigenvalue weighted by atomic mass is 16.5. The van der Waals surface area contributed by atoms with Gasteiger partial charge in [-0.25, -0.2) is 4.98 Å². The number of hydrogen-bond acceptors (Lipinski definition) is 4. The molecule has 1 aliphatic carbocycles. The molecule has 0 spiro atoms. The highest BCUT2D eigenvalue weighted by molar-refractivity contribution is 5.94. The van der Waals surface area contributed by atoms with Crippen LogP contribution in [0.5, 0.6) is 5.88 Å². The number of aliphatic hydroxyl groups is 1. The maximum atomic E-state index is 11.7. The summed E-state index contributed by atoms with van der Waals surface area (Å²) < 4.78 is 5.51. The van der Waals surface area contributed by atoms with E-state index >= 15 is 0 Å². The molecule has 1 aliphatic rings. The van der Waals surface area contributed by atoms with Crippen molar-refractivity contribution in [2.75, 3.05) is 13.2 Å². The summed E-state index contributed by atoms with van der Waals surface area (Å²) in [5.74, 6) is 0.903. The molecule has 0 bridgehead atoms. The van der Waals surface area contributed by atoms with E-state index in [4.69, 9.17) is 9.84 Å². The summed E-state index contributed by atoms with van der Waals surface area (Å²) in [6, 6.07) is 3.25. The lowest BCUT2D eigenvalue weighted by Crippen LogP contribution is -2.30. The number of carbonyl (C=O) groups excluding carboxylic acids is 1. The third-order valence-electron chi connectivity index (χ3n) is 2.72. The summed E-state index contributed by atoms with van der Waals surface area (Å²) in [6.45, 7) is 2.53. The highest BCUT2D eigenvalue weighted by Crippen LogP contribution is 2.29. The summed E-state index contributed by atoms with van der Waals surface area (Å²) in [7, 11) is 0. The van der Waals surface area contributed by atoms with E-state index in [2.05, 4.69) is 10.3 Å². The van der Waals surface area contributed by atoms with Crippen molar-refractivity contribution in [2.24, 2.45) is 5.92 Å². The fraction of sp³-hybridized carbons (Fsp3) is 0.538. The van der Waals surface area contributed by atoms with E-state index in [1.165, 1.54) is 12.8 Å². The molecule has 1 fully saturated rings. The lowest BCUT2D eigenvalue weighted by atomic mass is 10.2. The van der Waals surface area contributed by atoms with Crippen LogP contribution in [0.15, 0.2) is 18.3 Å². The predicted molar refractivity (Wildman–Crippen MR) is 66.5 cm³/mol. The van der Waals surface area contributed by atoms with Gasteiger partial charge in [-0.2, -0.15) is 0 Å². The lowest BCUT2D eigenvalue weighted by molar-refractivity contribution is 0.0923. The Labute approximate surface area is 106 Å². The Balaban J connectivity index is 1.90. The van der Waals surface area contributed by atoms with Crippen molar-refractivity contribution in [1.29, 1.82) is 0 Å². The molecule has 0 unspecified atom stereocenters. The number of nitrogens with one attached hydrogen (secondary N) is 1. The molecule has 1 aromatic heterocycles. The Morgan fingerprint density at radius 1 is 1.67 bits per heavy atom. The maximum Gasteiger partial charge on any atom is 0.251 e. The molecule has 18 heavy (non-hydrogen) atoms. The first kappa shape index (κ1) is 12.8. The average Bonchev–Trinajstić information content (AvgIpc) is 3.18. The van der Waals surface area contributed by atoms with Crippen molar-refractivity contribution in [3.63, 3.8) is 0 Å². The van der Waals surface area contributed by atoms with Crippen LogP contribution in [0.1, 0.15) is 30.1 Å². The number of pyridine rings is 1. The van der Waals surface area contributed by atoms with Gasteiger partial charge < -0.3 is 15.2 Å². The number of hydrogen-bond donors (Lipinski definition) is 2. The average molecular weight is 250 g/mol. The van der Waals surface area contributed by atoms with Crippen molar-refractivity contribution in [2.45, 2.75) is 25.9 Å². The first-order valence-electron chi connectivity index (χ1n) is 6.20. The van der Waals surface area contributed by atoms with Crippen molar-refractivity contribution in [3.8, 4) is 5.88 Å². The third-order valence-corrected chi connectivity index (χ3v) is 2.72. The summed E-state index contributed by atoms with van der Waals surface area (Å²) in [5, 5.41) is 11.7. The van der Waals surface area contributed by atoms with Crippen LogP contribution >= 0.6 is 0 Å². The Morgan fingerprint density at radius 3 is 3.11 bits per heavy atom. The smallest absolute Gasteiger partial charge is 0.251 e. The van der Waals surface area contributed by atoms with Gasteiger partial charge in [0.2, 0.25) is 5.88 Å². The minimum atomic E-state index is -0.554. The first-order chi connectivity index (χ1) is 8.65. The largest absolute Gasteiger partial charge is 0.477 e. The van der Waals surface area contributed by atoms with Gasteiger partial charge >= 0.3 is 0 Å². The van der Waals surface area contributed by atoms with Gasteiger partial charge in [0.05, 0.1) is 12.7 Å². The van der Waals surface area contributed by atoms with Crippen molar-refractivity contribution in [1.82, 2.24) is 10.3 Å². The molecule has 2 N–H and O–H groups in total. The number of rotatable bonds is 6. The molecule has 0 aromatic carbocycles. The molecular formula is C13H18N2O3. The molecule has 1 aromatic rings. The second kappa shape index (κ2) is 5.82. The lowest BCUT2D eigenvalue weighted by Gasteiger charge is -2.08. The summed E-state index contributed by atoms with van der Waals surface area (Å²) in [5.41, 5.74) is 0.497. The molecule has 0 aliphatic heterocycles. The standard InChI is InChI=1S/C13H18N2O3/c1-9(16)7-15-13(17)11-4-5-14-12(6-11)18-8-10-2-3-10/h4-6,9-10,16H,2-3,7-8H2,1H3,(H,15,17)/t9-/m1/s1. The maximum absolute atomic E-state index is 11.7. The number of aromatic nitrogens is 1. The van der Waals surface area contributed by atoms with Crippen molar-refractivity contribution >= 4 is 5.91 Å². The minimum Gasteiger partial charge on any atom is -0.477 e. The Kier molecular flexibility index (Phi) is 4.15. The molecular weight excluding hydrogens is 232 g/mol. The molecule has 1 amide bonds. The second-order valence-corrected chi connectivity index (χ2v) is 4.70. The van der Waals surface area contributed by atoms with Crippen LogP contribution in [-0.2, 0) is 0 Å². The summed E-state index contributed by atoms with van der Waals surface area (Å²) in [6.07, 6.45) is 3.43. The normalized spacial score (nSPS) is 16.1. The molecule has 1 heterocycles. The Hall–Kier alpha value is -1.62. The van der Waals surface area contributed by atoms with Crippen LogP contribution in [0.4, 0.5) is 0 Å². The number of amides is 1. The number of ether oxygens (including phenoxy) is 1. The Morgan fingerprint density at radius 2 is 2.44 bits per heavy atom. The van der Waals surface area contributed by atoms with E-state index < -0.39 is 6.10 Å². The fourth-order valence-electron chi connectivity index (χ4n) is 1.46. The molecule has 0 saturated heterocycles. The van der Waals surface area contributed by atoms with Gasteiger partial charge in [0.1, 0.15) is 0 Å². The molecule has 98 valence electrons. The van der Waals surface area contributed by atoms with Gasteiger partial charge in [0.25, 0.3) is 5.91 Å². The van der Waals surface area contributed by atoms with Crippen LogP contribution in [-0.4, -0.2) is 35.3 Å². The van der Waals surface area contributed by atoms with E-state index in [9.17, 15) is 4.79 Å². The van der Waals surface area contributed by atoms with E-state index in [0.717, 1.165) is 0 Å². The zero-order valence-electron chi connectivity index (χ0n) is 10.4. The van der Waals surface area contributed by atoms with Gasteiger partial charge in [-0.15, -0.1) is 0 Å². The molecule has 1 atom stereocenters. The second-order valence-electron chi connectivity index (χ2n) is 4.70. The van der Waals surface area contributed by atoms with Crippen LogP contribution < -0.4 is 10.1 Å². The van der Waals surface area contributed by atoms with Crippen LogP contribution in [0.2, 0.25) is 0 Å². The molecule has 1 saturated carbocycles. The molecule has 0 radical (unpaired) electrons. The topological polar surface area (TPSA) is 71.5 Å².